The summed E-state index contributed by atoms with van der Waals surface area (Å²) in [6.45, 7) is -0.344. The Kier molecular flexibility index (Phi) is 4.60. The standard InChI is InChI=1S/C13H12F2N4O2/c1-20-19-5-8-12(16)17-7-18-13(8)21-6-9-10(14)3-2-4-11(9)15/h2-5,7H,6H2,1H3,(H2,16,17,18)/b19-5-. The van der Waals surface area contributed by atoms with E-state index in [-0.39, 0.29) is 29.4 Å². The summed E-state index contributed by atoms with van der Waals surface area (Å²) in [5, 5.41) is 3.54. The Bertz CT molecular complexity index is 644. The van der Waals surface area contributed by atoms with Crippen LogP contribution in [0.1, 0.15) is 11.1 Å². The molecule has 6 nitrogen and oxygen atoms in total. The molecule has 0 unspecified atom stereocenters. The Hall–Kier alpha value is -2.77. The number of halogens is 2. The molecular formula is C13H12F2N4O2. The van der Waals surface area contributed by atoms with Crippen LogP contribution in [0.15, 0.2) is 29.7 Å². The maximum absolute atomic E-state index is 13.5. The van der Waals surface area contributed by atoms with Crippen molar-refractivity contribution in [2.45, 2.75) is 6.61 Å². The van der Waals surface area contributed by atoms with Crippen molar-refractivity contribution in [2.75, 3.05) is 12.8 Å². The molecule has 2 aromatic rings. The van der Waals surface area contributed by atoms with Crippen molar-refractivity contribution < 1.29 is 18.4 Å². The van der Waals surface area contributed by atoms with E-state index in [2.05, 4.69) is 20.0 Å². The van der Waals surface area contributed by atoms with Crippen LogP contribution in [0.4, 0.5) is 14.6 Å². The third-order valence-corrected chi connectivity index (χ3v) is 2.58. The number of nitrogens with two attached hydrogens (primary N) is 1. The molecule has 1 aromatic heterocycles. The summed E-state index contributed by atoms with van der Waals surface area (Å²) in [6, 6.07) is 3.56. The van der Waals surface area contributed by atoms with Crippen molar-refractivity contribution in [2.24, 2.45) is 5.16 Å². The maximum Gasteiger partial charge on any atom is 0.228 e. The number of nitrogens with zero attached hydrogens (tertiary/aromatic N) is 3. The highest BCUT2D eigenvalue weighted by atomic mass is 19.1. The first-order valence-corrected chi connectivity index (χ1v) is 5.86. The molecule has 0 saturated heterocycles. The van der Waals surface area contributed by atoms with Gasteiger partial charge in [-0.05, 0) is 12.1 Å². The van der Waals surface area contributed by atoms with Crippen molar-refractivity contribution in [3.05, 3.63) is 47.3 Å². The van der Waals surface area contributed by atoms with Crippen LogP contribution in [0.3, 0.4) is 0 Å². The Labute approximate surface area is 119 Å². The van der Waals surface area contributed by atoms with E-state index < -0.39 is 11.6 Å². The molecule has 0 spiro atoms. The molecule has 1 heterocycles. The normalized spacial score (nSPS) is 10.8. The molecular weight excluding hydrogens is 282 g/mol. The van der Waals surface area contributed by atoms with Gasteiger partial charge in [-0.2, -0.15) is 0 Å². The predicted molar refractivity (Wildman–Crippen MR) is 71.7 cm³/mol. The maximum atomic E-state index is 13.5. The highest BCUT2D eigenvalue weighted by Gasteiger charge is 2.13. The molecule has 0 atom stereocenters. The van der Waals surface area contributed by atoms with Crippen molar-refractivity contribution in [1.82, 2.24) is 9.97 Å². The molecule has 8 heteroatoms. The van der Waals surface area contributed by atoms with Crippen LogP contribution in [0.2, 0.25) is 0 Å². The van der Waals surface area contributed by atoms with Crippen LogP contribution in [0, 0.1) is 11.6 Å². The number of aromatic nitrogens is 2. The molecule has 2 rings (SSSR count). The minimum atomic E-state index is -0.705. The van der Waals surface area contributed by atoms with Crippen molar-refractivity contribution in [3.8, 4) is 5.88 Å². The molecule has 1 aromatic carbocycles. The first kappa shape index (κ1) is 14.6. The van der Waals surface area contributed by atoms with Crippen LogP contribution in [0.5, 0.6) is 5.88 Å². The summed E-state index contributed by atoms with van der Waals surface area (Å²) in [5.41, 5.74) is 5.72. The Balaban J connectivity index is 2.24. The number of hydrogen-bond acceptors (Lipinski definition) is 6. The zero-order valence-electron chi connectivity index (χ0n) is 11.1. The summed E-state index contributed by atoms with van der Waals surface area (Å²) in [4.78, 5) is 12.2. The average molecular weight is 294 g/mol. The van der Waals surface area contributed by atoms with E-state index in [0.717, 1.165) is 12.1 Å². The molecule has 0 amide bonds. The quantitative estimate of drug-likeness (QED) is 0.672. The lowest BCUT2D eigenvalue weighted by molar-refractivity contribution is 0.215. The highest BCUT2D eigenvalue weighted by Crippen LogP contribution is 2.20. The van der Waals surface area contributed by atoms with E-state index in [0.29, 0.717) is 0 Å². The van der Waals surface area contributed by atoms with Crippen LogP contribution in [0.25, 0.3) is 0 Å². The molecule has 2 N–H and O–H groups in total. The monoisotopic (exact) mass is 294 g/mol. The number of rotatable bonds is 5. The first-order chi connectivity index (χ1) is 10.1. The van der Waals surface area contributed by atoms with E-state index in [1.54, 1.807) is 0 Å². The summed E-state index contributed by atoms with van der Waals surface area (Å²) in [7, 11) is 1.35. The lowest BCUT2D eigenvalue weighted by Gasteiger charge is -2.10. The molecule has 0 aliphatic heterocycles. The zero-order valence-corrected chi connectivity index (χ0v) is 11.1. The minimum absolute atomic E-state index is 0.0472. The molecule has 110 valence electrons. The molecule has 0 aliphatic rings. The predicted octanol–water partition coefficient (Wildman–Crippen LogP) is 1.90. The second-order valence-electron chi connectivity index (χ2n) is 3.88. The third kappa shape index (κ3) is 3.41. The van der Waals surface area contributed by atoms with Crippen molar-refractivity contribution >= 4 is 12.0 Å². The second-order valence-corrected chi connectivity index (χ2v) is 3.88. The topological polar surface area (TPSA) is 82.6 Å². The van der Waals surface area contributed by atoms with Gasteiger partial charge < -0.3 is 15.3 Å². The number of ether oxygens (including phenoxy) is 1. The SMILES string of the molecule is CO/N=C\c1c(N)ncnc1OCc1c(F)cccc1F. The van der Waals surface area contributed by atoms with Gasteiger partial charge in [-0.15, -0.1) is 0 Å². The van der Waals surface area contributed by atoms with Gasteiger partial charge in [0.15, 0.2) is 0 Å². The first-order valence-electron chi connectivity index (χ1n) is 5.86. The minimum Gasteiger partial charge on any atom is -0.472 e. The van der Waals surface area contributed by atoms with Gasteiger partial charge in [0.25, 0.3) is 0 Å². The van der Waals surface area contributed by atoms with E-state index >= 15 is 0 Å². The third-order valence-electron chi connectivity index (χ3n) is 2.58. The van der Waals surface area contributed by atoms with Gasteiger partial charge in [-0.25, -0.2) is 18.7 Å². The van der Waals surface area contributed by atoms with Gasteiger partial charge in [0.05, 0.1) is 11.8 Å². The van der Waals surface area contributed by atoms with Gasteiger partial charge in [-0.3, -0.25) is 0 Å². The number of benzene rings is 1. The van der Waals surface area contributed by atoms with Crippen LogP contribution in [-0.4, -0.2) is 23.3 Å². The smallest absolute Gasteiger partial charge is 0.228 e. The lowest BCUT2D eigenvalue weighted by Crippen LogP contribution is -2.07. The number of hydrogen-bond donors (Lipinski definition) is 1. The van der Waals surface area contributed by atoms with E-state index in [1.807, 2.05) is 0 Å². The average Bonchev–Trinajstić information content (AvgIpc) is 2.46. The van der Waals surface area contributed by atoms with Crippen LogP contribution < -0.4 is 10.5 Å². The van der Waals surface area contributed by atoms with Gasteiger partial charge in [0, 0.05) is 0 Å². The van der Waals surface area contributed by atoms with E-state index in [1.165, 1.54) is 25.7 Å². The summed E-state index contributed by atoms with van der Waals surface area (Å²) in [5.74, 6) is -1.26. The molecule has 0 saturated carbocycles. The molecule has 21 heavy (non-hydrogen) atoms. The number of anilines is 1. The van der Waals surface area contributed by atoms with Crippen LogP contribution >= 0.6 is 0 Å². The summed E-state index contributed by atoms with van der Waals surface area (Å²) in [6.07, 6.45) is 2.43. The van der Waals surface area contributed by atoms with Crippen molar-refractivity contribution in [3.63, 3.8) is 0 Å². The second kappa shape index (κ2) is 6.60. The summed E-state index contributed by atoms with van der Waals surface area (Å²) < 4.78 is 32.3. The fourth-order valence-electron chi connectivity index (χ4n) is 1.54. The van der Waals surface area contributed by atoms with Crippen LogP contribution in [-0.2, 0) is 11.4 Å². The van der Waals surface area contributed by atoms with Gasteiger partial charge in [0.1, 0.15) is 43.1 Å². The lowest BCUT2D eigenvalue weighted by atomic mass is 10.2. The number of oxime groups is 1. The Morgan fingerprint density at radius 2 is 2.00 bits per heavy atom. The van der Waals surface area contributed by atoms with Gasteiger partial charge in [0.2, 0.25) is 5.88 Å². The van der Waals surface area contributed by atoms with Gasteiger partial charge in [-0.1, -0.05) is 11.2 Å². The van der Waals surface area contributed by atoms with Gasteiger partial charge >= 0.3 is 0 Å². The fraction of sp³-hybridized carbons (Fsp3) is 0.154. The van der Waals surface area contributed by atoms with E-state index in [9.17, 15) is 8.78 Å². The molecule has 0 aliphatic carbocycles. The zero-order chi connectivity index (χ0) is 15.2. The largest absolute Gasteiger partial charge is 0.472 e. The number of nitrogen functional groups attached to an aromatic ring is 1. The van der Waals surface area contributed by atoms with Crippen molar-refractivity contribution in [1.29, 1.82) is 0 Å². The Morgan fingerprint density at radius 1 is 1.29 bits per heavy atom. The summed E-state index contributed by atoms with van der Waals surface area (Å²) >= 11 is 0. The molecule has 0 bridgehead atoms. The van der Waals surface area contributed by atoms with E-state index in [4.69, 9.17) is 10.5 Å². The Morgan fingerprint density at radius 3 is 2.67 bits per heavy atom. The molecule has 0 fully saturated rings. The fourth-order valence-corrected chi connectivity index (χ4v) is 1.54. The highest BCUT2D eigenvalue weighted by molar-refractivity contribution is 5.87. The molecule has 0 radical (unpaired) electrons.